The van der Waals surface area contributed by atoms with Crippen LogP contribution in [-0.4, -0.2) is 39.9 Å². The summed E-state index contributed by atoms with van der Waals surface area (Å²) in [6, 6.07) is 0. The van der Waals surface area contributed by atoms with Crippen LogP contribution in [0.3, 0.4) is 0 Å². The first-order chi connectivity index (χ1) is 3.63. The van der Waals surface area contributed by atoms with E-state index in [-0.39, 0.29) is 4.65 Å². The highest BCUT2D eigenvalue weighted by molar-refractivity contribution is 6.60. The molecule has 0 atom stereocenters. The van der Waals surface area contributed by atoms with Gasteiger partial charge in [0.25, 0.3) is 0 Å². The van der Waals surface area contributed by atoms with Gasteiger partial charge in [-0.05, 0) is 6.08 Å². The average Bonchev–Trinajstić information content (AvgIpc) is 1.61. The first kappa shape index (κ1) is 7.74. The van der Waals surface area contributed by atoms with Crippen molar-refractivity contribution in [2.24, 2.45) is 0 Å². The van der Waals surface area contributed by atoms with Crippen molar-refractivity contribution in [2.75, 3.05) is 14.1 Å². The predicted octanol–water partition coefficient (Wildman–Crippen LogP) is -0.779. The fourth-order valence-corrected chi connectivity index (χ4v) is 0.403. The number of nitrogens with zero attached hydrogens (tertiary/aromatic N) is 1. The molecule has 0 rings (SSSR count). The minimum atomic E-state index is 0.221. The van der Waals surface area contributed by atoms with Gasteiger partial charge in [0.1, 0.15) is 0 Å². The van der Waals surface area contributed by atoms with E-state index in [2.05, 4.69) is 0 Å². The molecule has 0 radical (unpaired) electrons. The number of hydrogen-bond acceptors (Lipinski definition) is 2. The van der Waals surface area contributed by atoms with E-state index in [0.29, 0.717) is 16.3 Å². The van der Waals surface area contributed by atoms with Crippen molar-refractivity contribution in [2.45, 2.75) is 0 Å². The summed E-state index contributed by atoms with van der Waals surface area (Å²) < 4.78 is 0.221. The molecule has 3 heteroatoms. The Morgan fingerprint density at radius 2 is 2.12 bits per heavy atom. The Labute approximate surface area is 57.6 Å². The number of hydrogen-bond donors (Lipinski definition) is 0. The zero-order valence-electron chi connectivity index (χ0n) is 5.51. The van der Waals surface area contributed by atoms with Crippen molar-refractivity contribution in [3.63, 3.8) is 0 Å². The quantitative estimate of drug-likeness (QED) is 0.358. The normalized spacial score (nSPS) is 9.75. The minimum absolute atomic E-state index is 0.221. The lowest BCUT2D eigenvalue weighted by Crippen LogP contribution is -2.02. The van der Waals surface area contributed by atoms with Gasteiger partial charge in [0.05, 0.1) is 4.65 Å². The molecule has 8 heavy (non-hydrogen) atoms. The molecule has 0 spiro atoms. The fourth-order valence-electron chi connectivity index (χ4n) is 0.254. The second-order valence-electron chi connectivity index (χ2n) is 1.89. The molecule has 0 heterocycles. The molecule has 0 aromatic rings. The van der Waals surface area contributed by atoms with Crippen LogP contribution >= 0.6 is 0 Å². The molecule has 0 N–H and O–H groups in total. The second kappa shape index (κ2) is 3.71. The van der Waals surface area contributed by atoms with Crippen LogP contribution < -0.4 is 0 Å². The standard InChI is InChI=1S/C5H8NO.Al.2H/c1-6(2)4-3-5-7;;;/h3-4H,1-2H3;;;/b4-3+;;;. The maximum Gasteiger partial charge on any atom is 0.326 e. The van der Waals surface area contributed by atoms with Gasteiger partial charge < -0.3 is 9.69 Å². The maximum absolute atomic E-state index is 10.3. The molecule has 0 aliphatic carbocycles. The molecule has 0 unspecified atom stereocenters. The third-order valence-electron chi connectivity index (χ3n) is 0.607. The Bertz CT molecular complexity index is 109. The Balaban J connectivity index is 3.50. The van der Waals surface area contributed by atoms with Crippen LogP contribution in [0.5, 0.6) is 0 Å². The van der Waals surface area contributed by atoms with Crippen molar-refractivity contribution < 1.29 is 4.79 Å². The molecule has 0 aromatic heterocycles. The van der Waals surface area contributed by atoms with Gasteiger partial charge in [-0.15, -0.1) is 0 Å². The largest absolute Gasteiger partial charge is 0.383 e. The Hall–Kier alpha value is -0.258. The number of rotatable bonds is 2. The highest BCUT2D eigenvalue weighted by Gasteiger charge is 1.80. The first-order valence-electron chi connectivity index (χ1n) is 2.48. The number of carbonyl (C=O) groups is 1. The van der Waals surface area contributed by atoms with Gasteiger partial charge in [0.2, 0.25) is 0 Å². The summed E-state index contributed by atoms with van der Waals surface area (Å²) in [4.78, 5) is 12.1. The molecular formula is C5H10AlNO. The van der Waals surface area contributed by atoms with Crippen molar-refractivity contribution in [1.82, 2.24) is 4.90 Å². The highest BCUT2D eigenvalue weighted by atomic mass is 27.0. The van der Waals surface area contributed by atoms with E-state index in [1.807, 2.05) is 19.0 Å². The smallest absolute Gasteiger partial charge is 0.326 e. The zero-order valence-corrected chi connectivity index (χ0v) is 7.51. The van der Waals surface area contributed by atoms with Gasteiger partial charge >= 0.3 is 16.3 Å². The van der Waals surface area contributed by atoms with Gasteiger partial charge in [0.15, 0.2) is 0 Å². The lowest BCUT2D eigenvalue weighted by molar-refractivity contribution is -0.107. The van der Waals surface area contributed by atoms with Crippen molar-refractivity contribution in [1.29, 1.82) is 0 Å². The minimum Gasteiger partial charge on any atom is -0.383 e. The number of carbonyl (C=O) groups excluding carboxylic acids is 1. The summed E-state index contributed by atoms with van der Waals surface area (Å²) in [5.41, 5.74) is 0. The van der Waals surface area contributed by atoms with Crippen LogP contribution in [0.4, 0.5) is 0 Å². The summed E-state index contributed by atoms with van der Waals surface area (Å²) in [5.74, 6) is 0. The zero-order chi connectivity index (χ0) is 6.57. The fraction of sp³-hybridized carbons (Fsp3) is 0.400. The third kappa shape index (κ3) is 5.74. The molecule has 0 saturated carbocycles. The topological polar surface area (TPSA) is 20.3 Å². The van der Waals surface area contributed by atoms with Crippen molar-refractivity contribution in [3.8, 4) is 0 Å². The molecule has 0 bridgehead atoms. The van der Waals surface area contributed by atoms with Gasteiger partial charge in [0, 0.05) is 20.3 Å². The van der Waals surface area contributed by atoms with E-state index in [9.17, 15) is 4.79 Å². The van der Waals surface area contributed by atoms with Crippen LogP contribution in [-0.2, 0) is 4.79 Å². The lowest BCUT2D eigenvalue weighted by atomic mass is 10.6. The molecule has 0 aromatic carbocycles. The summed E-state index contributed by atoms with van der Waals surface area (Å²) in [5, 5.41) is 0. The first-order valence-corrected chi connectivity index (χ1v) is 3.48. The SMILES string of the molecule is CN(C)/C=C/[C](=O)[AlH2]. The average molecular weight is 127 g/mol. The van der Waals surface area contributed by atoms with Gasteiger partial charge in [-0.25, -0.2) is 0 Å². The number of allylic oxidation sites excluding steroid dienone is 1. The summed E-state index contributed by atoms with van der Waals surface area (Å²) in [6.45, 7) is 0. The lowest BCUT2D eigenvalue weighted by Gasteiger charge is -2.00. The molecule has 0 amide bonds. The Kier molecular flexibility index (Phi) is 3.59. The molecule has 44 valence electrons. The van der Waals surface area contributed by atoms with E-state index >= 15 is 0 Å². The van der Waals surface area contributed by atoms with Crippen LogP contribution in [0.15, 0.2) is 12.3 Å². The van der Waals surface area contributed by atoms with Gasteiger partial charge in [-0.1, -0.05) is 0 Å². The Morgan fingerprint density at radius 3 is 2.25 bits per heavy atom. The van der Waals surface area contributed by atoms with Crippen molar-refractivity contribution >= 4 is 20.9 Å². The van der Waals surface area contributed by atoms with Gasteiger partial charge in [-0.3, -0.25) is 0 Å². The van der Waals surface area contributed by atoms with E-state index in [0.717, 1.165) is 0 Å². The monoisotopic (exact) mass is 127 g/mol. The molecular weight excluding hydrogens is 117 g/mol. The predicted molar refractivity (Wildman–Crippen MR) is 36.4 cm³/mol. The molecule has 0 aliphatic rings. The van der Waals surface area contributed by atoms with E-state index in [4.69, 9.17) is 0 Å². The van der Waals surface area contributed by atoms with E-state index in [1.165, 1.54) is 0 Å². The van der Waals surface area contributed by atoms with Gasteiger partial charge in [-0.2, -0.15) is 0 Å². The van der Waals surface area contributed by atoms with Crippen LogP contribution in [0.2, 0.25) is 0 Å². The molecule has 0 aliphatic heterocycles. The molecule has 2 nitrogen and oxygen atoms in total. The summed E-state index contributed by atoms with van der Waals surface area (Å²) in [6.07, 6.45) is 3.35. The Morgan fingerprint density at radius 1 is 1.62 bits per heavy atom. The van der Waals surface area contributed by atoms with Crippen LogP contribution in [0, 0.1) is 0 Å². The third-order valence-corrected chi connectivity index (χ3v) is 0.941. The van der Waals surface area contributed by atoms with Crippen molar-refractivity contribution in [3.05, 3.63) is 12.3 Å². The molecule has 0 saturated heterocycles. The van der Waals surface area contributed by atoms with Crippen LogP contribution in [0.25, 0.3) is 0 Å². The molecule has 0 fully saturated rings. The summed E-state index contributed by atoms with van der Waals surface area (Å²) in [7, 11) is 3.78. The van der Waals surface area contributed by atoms with E-state index in [1.54, 1.807) is 12.3 Å². The van der Waals surface area contributed by atoms with Crippen LogP contribution in [0.1, 0.15) is 0 Å². The highest BCUT2D eigenvalue weighted by Crippen LogP contribution is 1.75. The summed E-state index contributed by atoms with van der Waals surface area (Å²) >= 11 is 0.622. The second-order valence-corrected chi connectivity index (χ2v) is 2.88. The maximum atomic E-state index is 10.3. The van der Waals surface area contributed by atoms with E-state index < -0.39 is 0 Å².